The fourth-order valence-corrected chi connectivity index (χ4v) is 8.16. The zero-order valence-corrected chi connectivity index (χ0v) is 31.2. The molecule has 0 aromatic rings. The highest BCUT2D eigenvalue weighted by Crippen LogP contribution is 2.66. The van der Waals surface area contributed by atoms with Crippen LogP contribution in [0.2, 0.25) is 0 Å². The third-order valence-corrected chi connectivity index (χ3v) is 13.9. The van der Waals surface area contributed by atoms with Gasteiger partial charge in [-0.1, -0.05) is 20.8 Å². The molecule has 0 saturated heterocycles. The van der Waals surface area contributed by atoms with Gasteiger partial charge in [0.2, 0.25) is 0 Å². The van der Waals surface area contributed by atoms with Crippen LogP contribution in [-0.2, 0) is 29.2 Å². The quantitative estimate of drug-likeness (QED) is 0.137. The number of carbonyl (C=O) groups is 2. The summed E-state index contributed by atoms with van der Waals surface area (Å²) in [5.41, 5.74) is -3.78. The topological polar surface area (TPSA) is 110 Å². The predicted octanol–water partition coefficient (Wildman–Crippen LogP) is 7.31. The number of rotatable bonds is 10. The second kappa shape index (κ2) is 12.3. The summed E-state index contributed by atoms with van der Waals surface area (Å²) < 4.78 is 71.2. The average molecular weight is 666 g/mol. The van der Waals surface area contributed by atoms with Crippen molar-refractivity contribution in [2.75, 3.05) is 20.1 Å². The molecule has 0 atom stereocenters. The van der Waals surface area contributed by atoms with Gasteiger partial charge >= 0.3 is 17.2 Å². The van der Waals surface area contributed by atoms with Crippen molar-refractivity contribution in [3.63, 3.8) is 0 Å². The molecule has 0 unspecified atom stereocenters. The van der Waals surface area contributed by atoms with Gasteiger partial charge in [-0.15, -0.1) is 0 Å². The number of nitrogens with zero attached hydrogens (tertiary/aromatic N) is 1. The molecule has 0 aliphatic heterocycles. The molecule has 0 radical (unpaired) electrons. The van der Waals surface area contributed by atoms with E-state index in [1.54, 1.807) is 0 Å². The molecule has 0 aromatic carbocycles. The molecule has 4 bridgehead atoms. The minimum Gasteiger partial charge on any atom is -0.743 e. The summed E-state index contributed by atoms with van der Waals surface area (Å²) in [7, 11) is -3.89. The highest BCUT2D eigenvalue weighted by Gasteiger charge is 2.61. The number of ether oxygens (including phenoxy) is 2. The first-order valence-electron chi connectivity index (χ1n) is 16.5. The Hall–Kier alpha value is -1.33. The molecule has 45 heavy (non-hydrogen) atoms. The Kier molecular flexibility index (Phi) is 10.9. The lowest BCUT2D eigenvalue weighted by Crippen LogP contribution is -2.64. The predicted molar refractivity (Wildman–Crippen MR) is 170 cm³/mol. The van der Waals surface area contributed by atoms with Crippen molar-refractivity contribution >= 4 is 22.1 Å². The molecule has 4 saturated carbocycles. The molecule has 0 amide bonds. The molecular weight excluding hydrogens is 604 g/mol. The zero-order chi connectivity index (χ0) is 35.5. The van der Waals surface area contributed by atoms with Gasteiger partial charge in [0.15, 0.2) is 10.1 Å². The van der Waals surface area contributed by atoms with E-state index in [0.717, 1.165) is 23.7 Å². The Bertz CT molecular complexity index is 1180. The molecule has 4 aliphatic rings. The van der Waals surface area contributed by atoms with Crippen LogP contribution in [-0.4, -0.2) is 71.5 Å². The summed E-state index contributed by atoms with van der Waals surface area (Å²) in [6.07, 6.45) is 6.47. The van der Waals surface area contributed by atoms with Crippen LogP contribution in [0.4, 0.5) is 8.78 Å². The zero-order valence-electron chi connectivity index (χ0n) is 30.4. The number of hydrogen-bond donors (Lipinski definition) is 0. The van der Waals surface area contributed by atoms with E-state index in [1.807, 2.05) is 13.8 Å². The minimum absolute atomic E-state index is 0.195. The van der Waals surface area contributed by atoms with E-state index in [2.05, 4.69) is 55.5 Å². The Balaban J connectivity index is 0.000000459. The van der Waals surface area contributed by atoms with Gasteiger partial charge in [0.25, 0.3) is 0 Å². The maximum absolute atomic E-state index is 13.6. The van der Waals surface area contributed by atoms with Gasteiger partial charge in [0.1, 0.15) is 11.2 Å². The van der Waals surface area contributed by atoms with Crippen LogP contribution in [0.15, 0.2) is 0 Å². The number of quaternary nitrogens is 1. The summed E-state index contributed by atoms with van der Waals surface area (Å²) in [6, 6.07) is 0. The standard InChI is InChI=1S/C22H34F2O7S.C12H28N/c1-18(2,21-10-13-7-14(11-21)9-15(8-13)12-21)16(25)30-19(3,4)20(5,6)31-17(26)22(23,24)32(27,28)29;1-9-13(8,10-2)12(6,7)11(3,4)5/h13-15H,7-12H2,1-6H3,(H,27,28,29);9-10H2,1-8H3/q;+1/p-1. The smallest absolute Gasteiger partial charge is 0.428 e. The van der Waals surface area contributed by atoms with Gasteiger partial charge in [0, 0.05) is 5.41 Å². The maximum atomic E-state index is 13.6. The first kappa shape index (κ1) is 39.8. The second-order valence-corrected chi connectivity index (χ2v) is 18.9. The van der Waals surface area contributed by atoms with E-state index in [4.69, 9.17) is 9.47 Å². The third kappa shape index (κ3) is 7.25. The van der Waals surface area contributed by atoms with E-state index < -0.39 is 43.9 Å². The van der Waals surface area contributed by atoms with Crippen LogP contribution < -0.4 is 0 Å². The molecule has 0 N–H and O–H groups in total. The number of alkyl halides is 2. The first-order valence-corrected chi connectivity index (χ1v) is 17.9. The number of hydrogen-bond acceptors (Lipinski definition) is 7. The molecule has 4 fully saturated rings. The van der Waals surface area contributed by atoms with Gasteiger partial charge in [0.05, 0.1) is 31.1 Å². The normalized spacial score (nSPS) is 26.2. The summed E-state index contributed by atoms with van der Waals surface area (Å²) >= 11 is 0. The molecule has 11 heteroatoms. The Morgan fingerprint density at radius 3 is 1.36 bits per heavy atom. The van der Waals surface area contributed by atoms with E-state index >= 15 is 0 Å². The summed E-state index contributed by atoms with van der Waals surface area (Å²) in [5, 5.41) is -5.25. The fourth-order valence-electron chi connectivity index (χ4n) is 7.91. The van der Waals surface area contributed by atoms with Crippen LogP contribution in [0.25, 0.3) is 0 Å². The lowest BCUT2D eigenvalue weighted by molar-refractivity contribution is -0.960. The van der Waals surface area contributed by atoms with Crippen molar-refractivity contribution in [1.82, 2.24) is 0 Å². The van der Waals surface area contributed by atoms with E-state index in [-0.39, 0.29) is 5.41 Å². The monoisotopic (exact) mass is 665 g/mol. The van der Waals surface area contributed by atoms with Crippen molar-refractivity contribution < 1.29 is 45.3 Å². The molecule has 0 heterocycles. The first-order chi connectivity index (χ1) is 19.9. The summed E-state index contributed by atoms with van der Waals surface area (Å²) in [6.45, 7) is 27.8. The van der Waals surface area contributed by atoms with Crippen molar-refractivity contribution in [3.05, 3.63) is 0 Å². The van der Waals surface area contributed by atoms with Gasteiger partial charge in [-0.3, -0.25) is 4.79 Å². The van der Waals surface area contributed by atoms with Crippen molar-refractivity contribution in [3.8, 4) is 0 Å². The van der Waals surface area contributed by atoms with Gasteiger partial charge in [-0.2, -0.15) is 8.78 Å². The van der Waals surface area contributed by atoms with Crippen LogP contribution in [0.1, 0.15) is 129 Å². The highest BCUT2D eigenvalue weighted by molar-refractivity contribution is 7.87. The van der Waals surface area contributed by atoms with Crippen molar-refractivity contribution in [2.24, 2.45) is 34.0 Å². The van der Waals surface area contributed by atoms with E-state index in [9.17, 15) is 31.3 Å². The van der Waals surface area contributed by atoms with Crippen molar-refractivity contribution in [2.45, 2.75) is 151 Å². The van der Waals surface area contributed by atoms with Gasteiger partial charge in [-0.05, 0) is 131 Å². The lowest BCUT2D eigenvalue weighted by atomic mass is 9.43. The highest BCUT2D eigenvalue weighted by atomic mass is 32.2. The Labute approximate surface area is 271 Å². The van der Waals surface area contributed by atoms with Crippen molar-refractivity contribution in [1.29, 1.82) is 0 Å². The number of halogens is 2. The van der Waals surface area contributed by atoms with Gasteiger partial charge in [-0.25, -0.2) is 13.2 Å². The Morgan fingerprint density at radius 2 is 1.09 bits per heavy atom. The lowest BCUT2D eigenvalue weighted by Gasteiger charge is -2.61. The average Bonchev–Trinajstić information content (AvgIpc) is 2.85. The molecular formula is C34H61F2NO7S. The van der Waals surface area contributed by atoms with E-state index in [0.29, 0.717) is 28.7 Å². The molecule has 0 spiro atoms. The molecule has 4 rings (SSSR count). The Morgan fingerprint density at radius 1 is 0.756 bits per heavy atom. The van der Waals surface area contributed by atoms with Crippen LogP contribution >= 0.6 is 0 Å². The molecule has 264 valence electrons. The van der Waals surface area contributed by atoms with Crippen LogP contribution in [0.3, 0.4) is 0 Å². The molecule has 4 aliphatic carbocycles. The molecule has 0 aromatic heterocycles. The summed E-state index contributed by atoms with van der Waals surface area (Å²) in [4.78, 5) is 25.2. The minimum atomic E-state index is -6.26. The van der Waals surface area contributed by atoms with Gasteiger partial charge < -0.3 is 18.5 Å². The fraction of sp³-hybridized carbons (Fsp3) is 0.941. The maximum Gasteiger partial charge on any atom is 0.428 e. The molecule has 8 nitrogen and oxygen atoms in total. The second-order valence-electron chi connectivity index (χ2n) is 17.4. The van der Waals surface area contributed by atoms with Crippen LogP contribution in [0, 0.1) is 34.0 Å². The van der Waals surface area contributed by atoms with E-state index in [1.165, 1.54) is 60.0 Å². The third-order valence-electron chi connectivity index (χ3n) is 13.2. The SMILES string of the molecule is CC(C)(OC(=O)C(C)(C)C12CC3CC(CC(C3)C1)C2)C(C)(C)OC(=O)C(F)(F)S(=O)(=O)[O-].CC[N+](C)(CC)C(C)(C)C(C)(C)C. The summed E-state index contributed by atoms with van der Waals surface area (Å²) in [5.74, 6) is -1.20. The number of esters is 2. The van der Waals surface area contributed by atoms with Crippen LogP contribution in [0.5, 0.6) is 0 Å². The number of carbonyl (C=O) groups excluding carboxylic acids is 2. The largest absolute Gasteiger partial charge is 0.743 e.